The summed E-state index contributed by atoms with van der Waals surface area (Å²) >= 11 is 0. The van der Waals surface area contributed by atoms with E-state index in [0.29, 0.717) is 26.2 Å². The number of nitrogens with one attached hydrogen (secondary N) is 1. The van der Waals surface area contributed by atoms with Crippen LogP contribution in [0.3, 0.4) is 0 Å². The molecule has 1 aliphatic heterocycles. The van der Waals surface area contributed by atoms with E-state index in [1.54, 1.807) is 0 Å². The lowest BCUT2D eigenvalue weighted by Crippen LogP contribution is -2.44. The molecule has 1 saturated heterocycles. The third kappa shape index (κ3) is 5.36. The highest BCUT2D eigenvalue weighted by Crippen LogP contribution is 2.17. The molecule has 5 heteroatoms. The number of ether oxygens (including phenoxy) is 1. The number of carbonyl (C=O) groups is 2. The predicted molar refractivity (Wildman–Crippen MR) is 88.8 cm³/mol. The normalized spacial score (nSPS) is 18.4. The summed E-state index contributed by atoms with van der Waals surface area (Å²) < 4.78 is 5.09. The number of aryl methyl sites for hydroxylation is 1. The number of hydrogen-bond acceptors (Lipinski definition) is 4. The summed E-state index contributed by atoms with van der Waals surface area (Å²) in [6.45, 7) is 6.60. The summed E-state index contributed by atoms with van der Waals surface area (Å²) in [6.07, 6.45) is 1.77. The summed E-state index contributed by atoms with van der Waals surface area (Å²) in [5.74, 6) is -0.247. The van der Waals surface area contributed by atoms with Gasteiger partial charge in [0.2, 0.25) is 5.91 Å². The summed E-state index contributed by atoms with van der Waals surface area (Å²) in [6, 6.07) is 8.02. The summed E-state index contributed by atoms with van der Waals surface area (Å²) in [7, 11) is 0. The second kappa shape index (κ2) is 8.67. The molecule has 1 atom stereocenters. The standard InChI is InChI=1S/C18H26N2O3/c1-3-23-18(22)16-9-6-10-20(12-16)13-17(21)19-11-15-8-5-4-7-14(15)2/h4-5,7-8,16H,3,6,9-13H2,1-2H3,(H,19,21). The molecule has 0 spiro atoms. The Bertz CT molecular complexity index is 545. The number of esters is 1. The summed E-state index contributed by atoms with van der Waals surface area (Å²) in [5.41, 5.74) is 2.30. The minimum absolute atomic E-state index is 0.00207. The number of likely N-dealkylation sites (tertiary alicyclic amines) is 1. The van der Waals surface area contributed by atoms with Crippen molar-refractivity contribution < 1.29 is 14.3 Å². The van der Waals surface area contributed by atoms with Gasteiger partial charge in [-0.05, 0) is 44.4 Å². The maximum Gasteiger partial charge on any atom is 0.310 e. The molecule has 0 aromatic heterocycles. The van der Waals surface area contributed by atoms with Crippen LogP contribution in [0.4, 0.5) is 0 Å². The van der Waals surface area contributed by atoms with Crippen LogP contribution in [0.5, 0.6) is 0 Å². The van der Waals surface area contributed by atoms with Gasteiger partial charge in [-0.1, -0.05) is 24.3 Å². The number of piperidine rings is 1. The Balaban J connectivity index is 1.78. The fraction of sp³-hybridized carbons (Fsp3) is 0.556. The summed E-state index contributed by atoms with van der Waals surface area (Å²) in [4.78, 5) is 26.0. The van der Waals surface area contributed by atoms with Gasteiger partial charge in [-0.3, -0.25) is 14.5 Å². The SMILES string of the molecule is CCOC(=O)C1CCCN(CC(=O)NCc2ccccc2C)C1. The number of amides is 1. The highest BCUT2D eigenvalue weighted by molar-refractivity contribution is 5.78. The molecule has 23 heavy (non-hydrogen) atoms. The van der Waals surface area contributed by atoms with Crippen LogP contribution >= 0.6 is 0 Å². The van der Waals surface area contributed by atoms with Crippen molar-refractivity contribution >= 4 is 11.9 Å². The minimum atomic E-state index is -0.141. The zero-order chi connectivity index (χ0) is 16.7. The molecule has 5 nitrogen and oxygen atoms in total. The first-order valence-electron chi connectivity index (χ1n) is 8.30. The van der Waals surface area contributed by atoms with Crippen molar-refractivity contribution in [3.63, 3.8) is 0 Å². The first-order chi connectivity index (χ1) is 11.1. The zero-order valence-corrected chi connectivity index (χ0v) is 14.0. The van der Waals surface area contributed by atoms with E-state index in [9.17, 15) is 9.59 Å². The van der Waals surface area contributed by atoms with Crippen LogP contribution in [0.15, 0.2) is 24.3 Å². The lowest BCUT2D eigenvalue weighted by atomic mass is 9.98. The first kappa shape index (κ1) is 17.5. The third-order valence-electron chi connectivity index (χ3n) is 4.23. The molecule has 1 fully saturated rings. The second-order valence-corrected chi connectivity index (χ2v) is 6.03. The Kier molecular flexibility index (Phi) is 6.59. The molecule has 1 aliphatic rings. The van der Waals surface area contributed by atoms with Gasteiger partial charge in [0.05, 0.1) is 19.1 Å². The van der Waals surface area contributed by atoms with Crippen LogP contribution in [-0.4, -0.2) is 43.0 Å². The van der Waals surface area contributed by atoms with Gasteiger partial charge < -0.3 is 10.1 Å². The number of carbonyl (C=O) groups excluding carboxylic acids is 2. The molecule has 2 rings (SSSR count). The monoisotopic (exact) mass is 318 g/mol. The van der Waals surface area contributed by atoms with Gasteiger partial charge >= 0.3 is 5.97 Å². The molecule has 1 aromatic carbocycles. The molecule has 126 valence electrons. The fourth-order valence-electron chi connectivity index (χ4n) is 2.91. The maximum absolute atomic E-state index is 12.1. The van der Waals surface area contributed by atoms with Crippen molar-refractivity contribution in [2.75, 3.05) is 26.2 Å². The molecule has 0 aliphatic carbocycles. The van der Waals surface area contributed by atoms with Crippen LogP contribution in [0.1, 0.15) is 30.9 Å². The van der Waals surface area contributed by atoms with Gasteiger partial charge in [-0.15, -0.1) is 0 Å². The maximum atomic E-state index is 12.1. The fourth-order valence-corrected chi connectivity index (χ4v) is 2.91. The van der Waals surface area contributed by atoms with Crippen molar-refractivity contribution in [2.24, 2.45) is 5.92 Å². The molecule has 1 aromatic rings. The van der Waals surface area contributed by atoms with E-state index < -0.39 is 0 Å². The van der Waals surface area contributed by atoms with E-state index in [0.717, 1.165) is 24.9 Å². The van der Waals surface area contributed by atoms with Crippen molar-refractivity contribution in [1.82, 2.24) is 10.2 Å². The van der Waals surface area contributed by atoms with Crippen LogP contribution in [0.25, 0.3) is 0 Å². The molecule has 1 unspecified atom stereocenters. The van der Waals surface area contributed by atoms with Crippen molar-refractivity contribution in [1.29, 1.82) is 0 Å². The van der Waals surface area contributed by atoms with Crippen molar-refractivity contribution in [3.8, 4) is 0 Å². The van der Waals surface area contributed by atoms with Gasteiger partial charge in [0.15, 0.2) is 0 Å². The van der Waals surface area contributed by atoms with Crippen LogP contribution < -0.4 is 5.32 Å². The van der Waals surface area contributed by atoms with Crippen LogP contribution in [0, 0.1) is 12.8 Å². The summed E-state index contributed by atoms with van der Waals surface area (Å²) in [5, 5.41) is 2.96. The minimum Gasteiger partial charge on any atom is -0.466 e. The molecule has 1 amide bonds. The van der Waals surface area contributed by atoms with Gasteiger partial charge in [0.25, 0.3) is 0 Å². The van der Waals surface area contributed by atoms with E-state index in [4.69, 9.17) is 4.74 Å². The van der Waals surface area contributed by atoms with Gasteiger partial charge in [-0.25, -0.2) is 0 Å². The highest BCUT2D eigenvalue weighted by atomic mass is 16.5. The van der Waals surface area contributed by atoms with Crippen molar-refractivity contribution in [2.45, 2.75) is 33.2 Å². The van der Waals surface area contributed by atoms with E-state index in [2.05, 4.69) is 5.32 Å². The first-order valence-corrected chi connectivity index (χ1v) is 8.30. The van der Waals surface area contributed by atoms with Gasteiger partial charge in [-0.2, -0.15) is 0 Å². The number of rotatable bonds is 6. The Morgan fingerprint density at radius 1 is 1.35 bits per heavy atom. The Morgan fingerprint density at radius 2 is 2.13 bits per heavy atom. The average molecular weight is 318 g/mol. The molecule has 0 radical (unpaired) electrons. The topological polar surface area (TPSA) is 58.6 Å². The highest BCUT2D eigenvalue weighted by Gasteiger charge is 2.27. The van der Waals surface area contributed by atoms with Crippen LogP contribution in [0.2, 0.25) is 0 Å². The number of benzene rings is 1. The number of hydrogen-bond donors (Lipinski definition) is 1. The molecule has 1 heterocycles. The second-order valence-electron chi connectivity index (χ2n) is 6.03. The quantitative estimate of drug-likeness (QED) is 0.814. The third-order valence-corrected chi connectivity index (χ3v) is 4.23. The lowest BCUT2D eigenvalue weighted by Gasteiger charge is -2.30. The Hall–Kier alpha value is -1.88. The van der Waals surface area contributed by atoms with E-state index >= 15 is 0 Å². The molecular formula is C18H26N2O3. The molecule has 0 bridgehead atoms. The zero-order valence-electron chi connectivity index (χ0n) is 14.0. The van der Waals surface area contributed by atoms with Gasteiger partial charge in [0.1, 0.15) is 0 Å². The Morgan fingerprint density at radius 3 is 2.87 bits per heavy atom. The smallest absolute Gasteiger partial charge is 0.310 e. The molecule has 1 N–H and O–H groups in total. The van der Waals surface area contributed by atoms with E-state index in [1.807, 2.05) is 43.0 Å². The van der Waals surface area contributed by atoms with Crippen LogP contribution in [-0.2, 0) is 20.9 Å². The predicted octanol–water partition coefficient (Wildman–Crippen LogP) is 1.89. The van der Waals surface area contributed by atoms with Crippen molar-refractivity contribution in [3.05, 3.63) is 35.4 Å². The largest absolute Gasteiger partial charge is 0.466 e. The average Bonchev–Trinajstić information content (AvgIpc) is 2.54. The Labute approximate surface area is 138 Å². The lowest BCUT2D eigenvalue weighted by molar-refractivity contribution is -0.150. The van der Waals surface area contributed by atoms with Gasteiger partial charge in [0, 0.05) is 13.1 Å². The number of nitrogens with zero attached hydrogens (tertiary/aromatic N) is 1. The molecule has 0 saturated carbocycles. The van der Waals surface area contributed by atoms with E-state index in [-0.39, 0.29) is 17.8 Å². The molecular weight excluding hydrogens is 292 g/mol. The van der Waals surface area contributed by atoms with E-state index in [1.165, 1.54) is 5.56 Å².